The van der Waals surface area contributed by atoms with Crippen LogP contribution in [0.1, 0.15) is 17.7 Å². The number of hydrogen-bond donors (Lipinski definition) is 0. The van der Waals surface area contributed by atoms with Gasteiger partial charge in [-0.25, -0.2) is 0 Å². The highest BCUT2D eigenvalue weighted by Gasteiger charge is 2.27. The van der Waals surface area contributed by atoms with Crippen LogP contribution < -0.4 is 0 Å². The highest BCUT2D eigenvalue weighted by molar-refractivity contribution is 6.29. The molecular formula is C96H64N4. The van der Waals surface area contributed by atoms with Gasteiger partial charge in [-0.1, -0.05) is 267 Å². The van der Waals surface area contributed by atoms with E-state index in [1.54, 1.807) is 0 Å². The molecule has 4 aromatic heterocycles. The lowest BCUT2D eigenvalue weighted by Gasteiger charge is -2.17. The molecule has 20 rings (SSSR count). The second-order valence-corrected chi connectivity index (χ2v) is 26.6. The van der Waals surface area contributed by atoms with Crippen LogP contribution in [0.5, 0.6) is 0 Å². The summed E-state index contributed by atoms with van der Waals surface area (Å²) in [6.45, 7) is 0. The molecule has 15 aromatic carbocycles. The molecule has 468 valence electrons. The molecule has 19 aromatic rings. The van der Waals surface area contributed by atoms with Crippen LogP contribution in [0.25, 0.3) is 183 Å². The van der Waals surface area contributed by atoms with Crippen LogP contribution in [0, 0.1) is 0 Å². The summed E-state index contributed by atoms with van der Waals surface area (Å²) >= 11 is 0. The van der Waals surface area contributed by atoms with Crippen molar-refractivity contribution in [1.29, 1.82) is 0 Å². The molecule has 4 heterocycles. The Morgan fingerprint density at radius 1 is 0.210 bits per heavy atom. The first-order valence-electron chi connectivity index (χ1n) is 34.8. The molecule has 0 bridgehead atoms. The zero-order valence-electron chi connectivity index (χ0n) is 54.8. The van der Waals surface area contributed by atoms with Gasteiger partial charge in [-0.2, -0.15) is 0 Å². The Morgan fingerprint density at radius 2 is 0.570 bits per heavy atom. The molecule has 1 aliphatic rings. The predicted octanol–water partition coefficient (Wildman–Crippen LogP) is 25.6. The first-order chi connectivity index (χ1) is 49.6. The van der Waals surface area contributed by atoms with Gasteiger partial charge in [0, 0.05) is 71.6 Å². The van der Waals surface area contributed by atoms with Gasteiger partial charge in [0.25, 0.3) is 0 Å². The molecule has 4 nitrogen and oxygen atoms in total. The van der Waals surface area contributed by atoms with E-state index in [1.165, 1.54) is 166 Å². The van der Waals surface area contributed by atoms with Gasteiger partial charge in [-0.15, -0.1) is 0 Å². The van der Waals surface area contributed by atoms with Crippen LogP contribution in [0.3, 0.4) is 0 Å². The topological polar surface area (TPSA) is 19.7 Å². The summed E-state index contributed by atoms with van der Waals surface area (Å²) in [6, 6.07) is 130. The lowest BCUT2D eigenvalue weighted by molar-refractivity contribution is 0.889. The van der Waals surface area contributed by atoms with Crippen LogP contribution >= 0.6 is 0 Å². The Balaban J connectivity index is 0.682. The second kappa shape index (κ2) is 23.4. The van der Waals surface area contributed by atoms with Crippen LogP contribution in [0.4, 0.5) is 0 Å². The van der Waals surface area contributed by atoms with Crippen molar-refractivity contribution in [1.82, 2.24) is 18.3 Å². The SMILES string of the molecule is C1=Cc2c(n(-c3ccccc3-c3ccc(-c4cccc(-c5ccc6c(c5)c5c7c8ccccc8n(-c8cccc(-c9ccc(-c%10ccccc%10)cc9)c8)c7ccc5n6-c5ccc(-c6ccccc6)cc5)c4)cc3)c3ccc4c(c5ccccc5n4-c4ccc(-c5ccccc5)cc4)c23)CC1. The van der Waals surface area contributed by atoms with Gasteiger partial charge >= 0.3 is 0 Å². The van der Waals surface area contributed by atoms with Crippen molar-refractivity contribution in [2.75, 3.05) is 0 Å². The highest BCUT2D eigenvalue weighted by Crippen LogP contribution is 2.47. The van der Waals surface area contributed by atoms with Crippen molar-refractivity contribution >= 4 is 82.4 Å². The Bertz CT molecular complexity index is 6440. The van der Waals surface area contributed by atoms with Crippen LogP contribution in [-0.4, -0.2) is 18.3 Å². The van der Waals surface area contributed by atoms with Crippen LogP contribution in [0.15, 0.2) is 358 Å². The van der Waals surface area contributed by atoms with Crippen LogP contribution in [-0.2, 0) is 6.42 Å². The number of fused-ring (bicyclic) bond motifs is 14. The monoisotopic (exact) mass is 1270 g/mol. The number of aromatic nitrogens is 4. The molecule has 0 saturated carbocycles. The molecule has 0 fully saturated rings. The minimum Gasteiger partial charge on any atom is -0.312 e. The fraction of sp³-hybridized carbons (Fsp3) is 0.0208. The molecule has 0 amide bonds. The lowest BCUT2D eigenvalue weighted by Crippen LogP contribution is -2.04. The molecule has 1 aliphatic carbocycles. The molecule has 0 atom stereocenters. The first-order valence-corrected chi connectivity index (χ1v) is 34.8. The maximum absolute atomic E-state index is 2.58. The number of allylic oxidation sites excluding steroid dienone is 1. The van der Waals surface area contributed by atoms with E-state index in [0.717, 1.165) is 35.4 Å². The fourth-order valence-corrected chi connectivity index (χ4v) is 16.4. The molecule has 0 spiro atoms. The third-order valence-corrected chi connectivity index (χ3v) is 21.1. The van der Waals surface area contributed by atoms with E-state index in [4.69, 9.17) is 0 Å². The Morgan fingerprint density at radius 3 is 1.13 bits per heavy atom. The van der Waals surface area contributed by atoms with E-state index in [0.29, 0.717) is 0 Å². The lowest BCUT2D eigenvalue weighted by atomic mass is 9.95. The average Bonchev–Trinajstić information content (AvgIpc) is 1.55. The third-order valence-electron chi connectivity index (χ3n) is 21.1. The molecule has 0 N–H and O–H groups in total. The number of rotatable bonds is 11. The Kier molecular flexibility index (Phi) is 13.4. The summed E-state index contributed by atoms with van der Waals surface area (Å²) in [5.41, 5.74) is 32.3. The number of nitrogens with zero attached hydrogens (tertiary/aromatic N) is 4. The van der Waals surface area contributed by atoms with E-state index in [1.807, 2.05) is 0 Å². The van der Waals surface area contributed by atoms with Crippen molar-refractivity contribution in [2.24, 2.45) is 0 Å². The van der Waals surface area contributed by atoms with Gasteiger partial charge in [-0.3, -0.25) is 0 Å². The molecule has 0 radical (unpaired) electrons. The van der Waals surface area contributed by atoms with Gasteiger partial charge < -0.3 is 18.3 Å². The normalized spacial score (nSPS) is 12.3. The van der Waals surface area contributed by atoms with E-state index in [2.05, 4.69) is 382 Å². The third kappa shape index (κ3) is 9.29. The smallest absolute Gasteiger partial charge is 0.0548 e. The fourth-order valence-electron chi connectivity index (χ4n) is 16.4. The summed E-state index contributed by atoms with van der Waals surface area (Å²) in [7, 11) is 0. The Hall–Kier alpha value is -13.0. The van der Waals surface area contributed by atoms with E-state index in [-0.39, 0.29) is 0 Å². The first kappa shape index (κ1) is 57.2. The number of hydrogen-bond acceptors (Lipinski definition) is 0. The number of benzene rings is 15. The van der Waals surface area contributed by atoms with Crippen molar-refractivity contribution in [3.63, 3.8) is 0 Å². The summed E-state index contributed by atoms with van der Waals surface area (Å²) < 4.78 is 9.98. The van der Waals surface area contributed by atoms with E-state index >= 15 is 0 Å². The molecule has 100 heavy (non-hydrogen) atoms. The van der Waals surface area contributed by atoms with Crippen LogP contribution in [0.2, 0.25) is 0 Å². The molecule has 0 unspecified atom stereocenters. The van der Waals surface area contributed by atoms with Gasteiger partial charge in [0.05, 0.1) is 44.3 Å². The zero-order chi connectivity index (χ0) is 65.8. The highest BCUT2D eigenvalue weighted by atomic mass is 15.0. The quantitative estimate of drug-likeness (QED) is 0.123. The predicted molar refractivity (Wildman–Crippen MR) is 422 cm³/mol. The van der Waals surface area contributed by atoms with Gasteiger partial charge in [0.15, 0.2) is 0 Å². The standard InChI is InChI=1S/C96H64N4/c1-4-20-63(21-5-1)66-38-40-70(41-39-66)74-28-19-29-78(61-74)99-86-36-16-12-32-81(86)94-90(99)56-57-91-96(94)83-62-75(50-55-88(83)98(91)77-53-48-68(49-54-77)65-24-8-3-9-25-65)73-27-18-26-72(60-73)69-42-44-71(45-43-69)79-30-10-14-34-84(79)100-87-37-17-13-33-82(87)95-92(100)59-58-89-93(95)80-31-11-15-35-85(80)97(89)76-51-46-67(47-52-76)64-22-6-2-7-23-64/h1-16,18-36,38-62H,17,37H2. The average molecular weight is 1270 g/mol. The van der Waals surface area contributed by atoms with Gasteiger partial charge in [0.2, 0.25) is 0 Å². The van der Waals surface area contributed by atoms with Gasteiger partial charge in [-0.05, 0) is 182 Å². The summed E-state index contributed by atoms with van der Waals surface area (Å²) in [4.78, 5) is 0. The molecule has 0 aliphatic heterocycles. The maximum atomic E-state index is 2.58. The van der Waals surface area contributed by atoms with Crippen molar-refractivity contribution in [3.8, 4) is 101 Å². The number of para-hydroxylation sites is 3. The molecular weight excluding hydrogens is 1210 g/mol. The zero-order valence-corrected chi connectivity index (χ0v) is 54.8. The molecule has 4 heteroatoms. The van der Waals surface area contributed by atoms with E-state index < -0.39 is 0 Å². The van der Waals surface area contributed by atoms with Gasteiger partial charge in [0.1, 0.15) is 0 Å². The summed E-state index contributed by atoms with van der Waals surface area (Å²) in [6.07, 6.45) is 6.71. The summed E-state index contributed by atoms with van der Waals surface area (Å²) in [5, 5.41) is 8.78. The Labute approximate surface area is 579 Å². The minimum absolute atomic E-state index is 0.958. The second-order valence-electron chi connectivity index (χ2n) is 26.6. The maximum Gasteiger partial charge on any atom is 0.0548 e. The molecule has 0 saturated heterocycles. The largest absolute Gasteiger partial charge is 0.312 e. The van der Waals surface area contributed by atoms with Crippen molar-refractivity contribution in [3.05, 3.63) is 369 Å². The minimum atomic E-state index is 0.958. The summed E-state index contributed by atoms with van der Waals surface area (Å²) in [5.74, 6) is 0. The van der Waals surface area contributed by atoms with E-state index in [9.17, 15) is 0 Å². The van der Waals surface area contributed by atoms with Crippen molar-refractivity contribution < 1.29 is 0 Å². The van der Waals surface area contributed by atoms with Crippen molar-refractivity contribution in [2.45, 2.75) is 12.8 Å².